The van der Waals surface area contributed by atoms with Crippen LogP contribution in [0, 0.1) is 5.92 Å². The first-order valence-corrected chi connectivity index (χ1v) is 8.58. The Morgan fingerprint density at radius 1 is 0.923 bits per heavy atom. The predicted octanol–water partition coefficient (Wildman–Crippen LogP) is 5.25. The van der Waals surface area contributed by atoms with Crippen molar-refractivity contribution in [2.24, 2.45) is 5.92 Å². The van der Waals surface area contributed by atoms with Crippen molar-refractivity contribution in [1.29, 1.82) is 0 Å². The number of methoxy groups -OCH3 is 3. The van der Waals surface area contributed by atoms with Crippen LogP contribution in [0.25, 0.3) is 6.08 Å². The van der Waals surface area contributed by atoms with Crippen molar-refractivity contribution in [3.8, 4) is 17.2 Å². The first kappa shape index (κ1) is 17.9. The van der Waals surface area contributed by atoms with Gasteiger partial charge in [-0.25, -0.2) is 0 Å². The maximum atomic E-state index is 5.51. The second-order valence-corrected chi connectivity index (χ2v) is 6.22. The van der Waals surface area contributed by atoms with Crippen molar-refractivity contribution in [1.82, 2.24) is 0 Å². The van der Waals surface area contributed by atoms with E-state index >= 15 is 0 Å². The number of hydrogen-bond acceptors (Lipinski definition) is 3. The van der Waals surface area contributed by atoms with Crippen molar-refractivity contribution in [3.63, 3.8) is 0 Å². The fourth-order valence-corrected chi connectivity index (χ4v) is 3.38. The molecule has 2 aromatic rings. The Morgan fingerprint density at radius 3 is 2.15 bits per heavy atom. The lowest BCUT2D eigenvalue weighted by atomic mass is 9.85. The first-order chi connectivity index (χ1) is 12.7. The summed E-state index contributed by atoms with van der Waals surface area (Å²) in [5.41, 5.74) is 3.35. The third-order valence-corrected chi connectivity index (χ3v) is 4.67. The van der Waals surface area contributed by atoms with Crippen LogP contribution in [0.15, 0.2) is 72.8 Å². The molecule has 0 saturated heterocycles. The molecule has 3 heteroatoms. The lowest BCUT2D eigenvalue weighted by Crippen LogP contribution is -2.07. The van der Waals surface area contributed by atoms with Gasteiger partial charge in [0.15, 0.2) is 11.5 Å². The Hall–Kier alpha value is -2.94. The Kier molecular flexibility index (Phi) is 5.47. The van der Waals surface area contributed by atoms with Gasteiger partial charge >= 0.3 is 0 Å². The summed E-state index contributed by atoms with van der Waals surface area (Å²) in [5, 5.41) is 0. The zero-order chi connectivity index (χ0) is 18.5. The third-order valence-electron chi connectivity index (χ3n) is 4.67. The SMILES string of the molecule is C=C1C=C[C@@H](/C=C/c2ccccc2)[C@@H]1c1cc(OC)c(OC)c(OC)c1. The number of ether oxygens (including phenoxy) is 3. The molecule has 2 atom stereocenters. The van der Waals surface area contributed by atoms with Gasteiger partial charge in [-0.2, -0.15) is 0 Å². The molecule has 0 bridgehead atoms. The van der Waals surface area contributed by atoms with Crippen molar-refractivity contribution in [2.45, 2.75) is 5.92 Å². The normalized spacial score (nSPS) is 19.1. The van der Waals surface area contributed by atoms with Crippen molar-refractivity contribution < 1.29 is 14.2 Å². The lowest BCUT2D eigenvalue weighted by Gasteiger charge is -2.21. The molecule has 0 aliphatic heterocycles. The average Bonchev–Trinajstić information content (AvgIpc) is 3.06. The highest BCUT2D eigenvalue weighted by Gasteiger charge is 2.28. The van der Waals surface area contributed by atoms with Gasteiger partial charge in [-0.3, -0.25) is 0 Å². The van der Waals surface area contributed by atoms with Gasteiger partial charge in [0, 0.05) is 11.8 Å². The highest BCUT2D eigenvalue weighted by Crippen LogP contribution is 2.45. The molecule has 0 fully saturated rings. The van der Waals surface area contributed by atoms with Crippen molar-refractivity contribution in [2.75, 3.05) is 21.3 Å². The molecule has 0 amide bonds. The summed E-state index contributed by atoms with van der Waals surface area (Å²) in [7, 11) is 4.88. The van der Waals surface area contributed by atoms with E-state index in [1.54, 1.807) is 21.3 Å². The van der Waals surface area contributed by atoms with Crippen LogP contribution in [-0.4, -0.2) is 21.3 Å². The molecule has 1 aliphatic rings. The largest absolute Gasteiger partial charge is 0.493 e. The average molecular weight is 348 g/mol. The van der Waals surface area contributed by atoms with E-state index in [4.69, 9.17) is 14.2 Å². The molecule has 26 heavy (non-hydrogen) atoms. The zero-order valence-electron chi connectivity index (χ0n) is 15.4. The van der Waals surface area contributed by atoms with Gasteiger partial charge in [-0.05, 0) is 28.8 Å². The molecule has 2 aromatic carbocycles. The summed E-state index contributed by atoms with van der Waals surface area (Å²) in [4.78, 5) is 0. The van der Waals surface area contributed by atoms with E-state index in [1.165, 1.54) is 5.56 Å². The summed E-state index contributed by atoms with van der Waals surface area (Å²) < 4.78 is 16.4. The predicted molar refractivity (Wildman–Crippen MR) is 106 cm³/mol. The van der Waals surface area contributed by atoms with Crippen LogP contribution < -0.4 is 14.2 Å². The molecular formula is C23H24O3. The molecular weight excluding hydrogens is 324 g/mol. The Balaban J connectivity index is 1.96. The van der Waals surface area contributed by atoms with Gasteiger partial charge in [0.1, 0.15) is 0 Å². The van der Waals surface area contributed by atoms with Gasteiger partial charge in [-0.15, -0.1) is 0 Å². The van der Waals surface area contributed by atoms with Gasteiger partial charge < -0.3 is 14.2 Å². The van der Waals surface area contributed by atoms with Crippen molar-refractivity contribution >= 4 is 6.08 Å². The second kappa shape index (κ2) is 7.96. The minimum Gasteiger partial charge on any atom is -0.493 e. The number of allylic oxidation sites excluding steroid dienone is 4. The Morgan fingerprint density at radius 2 is 1.58 bits per heavy atom. The molecule has 0 saturated carbocycles. The standard InChI is InChI=1S/C23H24O3/c1-16-10-12-18(13-11-17-8-6-5-7-9-17)22(16)19-14-20(24-2)23(26-4)21(15-19)25-3/h5-15,18,22H,1H2,2-4H3/b13-11+/t18-,22+/m0/s1. The highest BCUT2D eigenvalue weighted by atomic mass is 16.5. The monoisotopic (exact) mass is 348 g/mol. The molecule has 0 spiro atoms. The number of hydrogen-bond donors (Lipinski definition) is 0. The third kappa shape index (κ3) is 3.52. The molecule has 0 N–H and O–H groups in total. The van der Waals surface area contributed by atoms with Gasteiger partial charge in [0.05, 0.1) is 21.3 Å². The molecule has 134 valence electrons. The lowest BCUT2D eigenvalue weighted by molar-refractivity contribution is 0.323. The van der Waals surface area contributed by atoms with Gasteiger partial charge in [0.2, 0.25) is 5.75 Å². The quantitative estimate of drug-likeness (QED) is 0.713. The summed E-state index contributed by atoms with van der Waals surface area (Å²) >= 11 is 0. The van der Waals surface area contributed by atoms with E-state index in [0.29, 0.717) is 17.2 Å². The van der Waals surface area contributed by atoms with E-state index in [0.717, 1.165) is 11.1 Å². The van der Waals surface area contributed by atoms with E-state index in [-0.39, 0.29) is 11.8 Å². The smallest absolute Gasteiger partial charge is 0.203 e. The van der Waals surface area contributed by atoms with E-state index < -0.39 is 0 Å². The van der Waals surface area contributed by atoms with Crippen LogP contribution >= 0.6 is 0 Å². The highest BCUT2D eigenvalue weighted by molar-refractivity contribution is 5.58. The van der Waals surface area contributed by atoms with Crippen LogP contribution in [0.2, 0.25) is 0 Å². The van der Waals surface area contributed by atoms with Crippen LogP contribution in [0.5, 0.6) is 17.2 Å². The molecule has 0 aromatic heterocycles. The maximum Gasteiger partial charge on any atom is 0.203 e. The minimum absolute atomic E-state index is 0.142. The summed E-state index contributed by atoms with van der Waals surface area (Å²) in [6.07, 6.45) is 8.65. The van der Waals surface area contributed by atoms with Crippen LogP contribution in [0.1, 0.15) is 17.0 Å². The fraction of sp³-hybridized carbons (Fsp3) is 0.217. The number of rotatable bonds is 6. The second-order valence-electron chi connectivity index (χ2n) is 6.22. The molecule has 3 nitrogen and oxygen atoms in total. The van der Waals surface area contributed by atoms with Crippen LogP contribution in [-0.2, 0) is 0 Å². The minimum atomic E-state index is 0.142. The van der Waals surface area contributed by atoms with Crippen LogP contribution in [0.4, 0.5) is 0 Å². The molecule has 0 heterocycles. The Bertz CT molecular complexity index is 809. The summed E-state index contributed by atoms with van der Waals surface area (Å²) in [6, 6.07) is 14.3. The van der Waals surface area contributed by atoms with E-state index in [2.05, 4.69) is 43.0 Å². The van der Waals surface area contributed by atoms with Gasteiger partial charge in [-0.1, -0.05) is 61.2 Å². The summed E-state index contributed by atoms with van der Waals surface area (Å²) in [6.45, 7) is 4.24. The fourth-order valence-electron chi connectivity index (χ4n) is 3.38. The Labute approximate surface area is 155 Å². The van der Waals surface area contributed by atoms with E-state index in [9.17, 15) is 0 Å². The zero-order valence-corrected chi connectivity index (χ0v) is 15.4. The summed E-state index contributed by atoms with van der Waals surface area (Å²) in [5.74, 6) is 2.29. The van der Waals surface area contributed by atoms with Gasteiger partial charge in [0.25, 0.3) is 0 Å². The molecule has 3 rings (SSSR count). The molecule has 0 unspecified atom stereocenters. The molecule has 1 aliphatic carbocycles. The molecule has 0 radical (unpaired) electrons. The van der Waals surface area contributed by atoms with Crippen LogP contribution in [0.3, 0.4) is 0 Å². The van der Waals surface area contributed by atoms with E-state index in [1.807, 2.05) is 30.3 Å². The maximum absolute atomic E-state index is 5.51. The first-order valence-electron chi connectivity index (χ1n) is 8.58. The topological polar surface area (TPSA) is 27.7 Å². The van der Waals surface area contributed by atoms with Crippen molar-refractivity contribution in [3.05, 3.63) is 84.0 Å². The number of benzene rings is 2.